The van der Waals surface area contributed by atoms with E-state index in [9.17, 15) is 9.59 Å². The Balaban J connectivity index is 2.07. The van der Waals surface area contributed by atoms with Crippen LogP contribution in [0.15, 0.2) is 24.3 Å². The second-order valence-electron chi connectivity index (χ2n) is 6.29. The van der Waals surface area contributed by atoms with E-state index in [4.69, 9.17) is 4.74 Å². The van der Waals surface area contributed by atoms with Gasteiger partial charge < -0.3 is 9.64 Å². The van der Waals surface area contributed by atoms with Crippen molar-refractivity contribution in [3.8, 4) is 5.75 Å². The van der Waals surface area contributed by atoms with Gasteiger partial charge in [-0.15, -0.1) is 0 Å². The molecular formula is C19H27NO3. The van der Waals surface area contributed by atoms with Crippen molar-refractivity contribution in [1.82, 2.24) is 4.90 Å². The van der Waals surface area contributed by atoms with Gasteiger partial charge in [-0.2, -0.15) is 0 Å². The smallest absolute Gasteiger partial charge is 0.230 e. The van der Waals surface area contributed by atoms with Crippen LogP contribution in [0, 0.1) is 0 Å². The minimum absolute atomic E-state index is 0.0483. The van der Waals surface area contributed by atoms with Crippen molar-refractivity contribution in [2.75, 3.05) is 13.2 Å². The number of ether oxygens (including phenoxy) is 1. The van der Waals surface area contributed by atoms with E-state index < -0.39 is 0 Å². The SMILES string of the molecule is CCCOc1ccc([C@H](C)C(=O)N2CCCC[C@H]2C(C)=O)cc1. The van der Waals surface area contributed by atoms with Gasteiger partial charge in [0.15, 0.2) is 5.78 Å². The van der Waals surface area contributed by atoms with Crippen molar-refractivity contribution in [1.29, 1.82) is 0 Å². The molecule has 0 N–H and O–H groups in total. The molecule has 23 heavy (non-hydrogen) atoms. The van der Waals surface area contributed by atoms with Crippen LogP contribution in [0.1, 0.15) is 57.9 Å². The van der Waals surface area contributed by atoms with Gasteiger partial charge in [0.1, 0.15) is 5.75 Å². The number of carbonyl (C=O) groups is 2. The first kappa shape index (κ1) is 17.5. The Kier molecular flexibility index (Phi) is 6.20. The Morgan fingerprint density at radius 2 is 1.96 bits per heavy atom. The van der Waals surface area contributed by atoms with E-state index in [0.717, 1.165) is 37.0 Å². The molecule has 0 unspecified atom stereocenters. The van der Waals surface area contributed by atoms with Gasteiger partial charge >= 0.3 is 0 Å². The van der Waals surface area contributed by atoms with Crippen molar-refractivity contribution >= 4 is 11.7 Å². The van der Waals surface area contributed by atoms with E-state index in [-0.39, 0.29) is 23.7 Å². The van der Waals surface area contributed by atoms with Crippen LogP contribution in [0.25, 0.3) is 0 Å². The van der Waals surface area contributed by atoms with Crippen molar-refractivity contribution in [2.24, 2.45) is 0 Å². The van der Waals surface area contributed by atoms with Crippen molar-refractivity contribution in [2.45, 2.75) is 58.4 Å². The topological polar surface area (TPSA) is 46.6 Å². The number of ketones is 1. The summed E-state index contributed by atoms with van der Waals surface area (Å²) < 4.78 is 5.58. The maximum absolute atomic E-state index is 12.8. The molecule has 4 nitrogen and oxygen atoms in total. The lowest BCUT2D eigenvalue weighted by atomic mass is 9.94. The number of likely N-dealkylation sites (tertiary alicyclic amines) is 1. The molecule has 2 atom stereocenters. The number of piperidine rings is 1. The van der Waals surface area contributed by atoms with E-state index >= 15 is 0 Å². The standard InChI is InChI=1S/C19H27NO3/c1-4-13-23-17-10-8-16(9-11-17)14(2)19(22)20-12-6-5-7-18(20)15(3)21/h8-11,14,18H,4-7,12-13H2,1-3H3/t14-,18-/m0/s1. The first-order chi connectivity index (χ1) is 11.0. The summed E-state index contributed by atoms with van der Waals surface area (Å²) >= 11 is 0. The zero-order chi connectivity index (χ0) is 16.8. The average Bonchev–Trinajstić information content (AvgIpc) is 2.59. The zero-order valence-corrected chi connectivity index (χ0v) is 14.4. The number of hydrogen-bond donors (Lipinski definition) is 0. The maximum Gasteiger partial charge on any atom is 0.230 e. The lowest BCUT2D eigenvalue weighted by Crippen LogP contribution is -2.48. The number of benzene rings is 1. The predicted octanol–water partition coefficient (Wildman–Crippen LogP) is 3.55. The van der Waals surface area contributed by atoms with Gasteiger partial charge in [0, 0.05) is 6.54 Å². The van der Waals surface area contributed by atoms with E-state index in [2.05, 4.69) is 6.92 Å². The Morgan fingerprint density at radius 1 is 1.26 bits per heavy atom. The predicted molar refractivity (Wildman–Crippen MR) is 90.7 cm³/mol. The number of hydrogen-bond acceptors (Lipinski definition) is 3. The molecule has 1 aromatic carbocycles. The van der Waals surface area contributed by atoms with Gasteiger partial charge in [0.05, 0.1) is 18.6 Å². The fourth-order valence-electron chi connectivity index (χ4n) is 3.08. The van der Waals surface area contributed by atoms with E-state index in [1.807, 2.05) is 31.2 Å². The molecule has 4 heteroatoms. The lowest BCUT2D eigenvalue weighted by Gasteiger charge is -2.36. The third-order valence-electron chi connectivity index (χ3n) is 4.48. The lowest BCUT2D eigenvalue weighted by molar-refractivity contribution is -0.141. The molecule has 0 saturated carbocycles. The monoisotopic (exact) mass is 317 g/mol. The second kappa shape index (κ2) is 8.14. The Labute approximate surface area is 138 Å². The Morgan fingerprint density at radius 3 is 2.57 bits per heavy atom. The molecule has 126 valence electrons. The highest BCUT2D eigenvalue weighted by atomic mass is 16.5. The molecule has 1 heterocycles. The Hall–Kier alpha value is -1.84. The van der Waals surface area contributed by atoms with Crippen LogP contribution in [0.5, 0.6) is 5.75 Å². The maximum atomic E-state index is 12.8. The molecule has 1 amide bonds. The normalized spacial score (nSPS) is 19.3. The van der Waals surface area contributed by atoms with Gasteiger partial charge in [0.25, 0.3) is 0 Å². The molecule has 1 aromatic rings. The fourth-order valence-corrected chi connectivity index (χ4v) is 3.08. The summed E-state index contributed by atoms with van der Waals surface area (Å²) in [5.41, 5.74) is 0.965. The second-order valence-corrected chi connectivity index (χ2v) is 6.29. The molecule has 1 saturated heterocycles. The molecule has 1 fully saturated rings. The average molecular weight is 317 g/mol. The van der Waals surface area contributed by atoms with Crippen molar-refractivity contribution in [3.05, 3.63) is 29.8 Å². The summed E-state index contributed by atoms with van der Waals surface area (Å²) in [5.74, 6) is 0.727. The molecule has 0 bridgehead atoms. The minimum atomic E-state index is -0.245. The Bertz CT molecular complexity index is 538. The summed E-state index contributed by atoms with van der Waals surface area (Å²) in [6.45, 7) is 6.95. The third kappa shape index (κ3) is 4.34. The molecular weight excluding hydrogens is 290 g/mol. The van der Waals surface area contributed by atoms with Crippen LogP contribution < -0.4 is 4.74 Å². The van der Waals surface area contributed by atoms with Crippen molar-refractivity contribution in [3.63, 3.8) is 0 Å². The van der Waals surface area contributed by atoms with Crippen LogP contribution in [0.2, 0.25) is 0 Å². The molecule has 1 aliphatic heterocycles. The van der Waals surface area contributed by atoms with Gasteiger partial charge in [-0.05, 0) is 57.2 Å². The molecule has 0 aromatic heterocycles. The van der Waals surface area contributed by atoms with Crippen LogP contribution in [-0.4, -0.2) is 35.8 Å². The van der Waals surface area contributed by atoms with E-state index in [1.54, 1.807) is 11.8 Å². The zero-order valence-electron chi connectivity index (χ0n) is 14.4. The fraction of sp³-hybridized carbons (Fsp3) is 0.579. The molecule has 1 aliphatic rings. The largest absolute Gasteiger partial charge is 0.494 e. The van der Waals surface area contributed by atoms with Gasteiger partial charge in [-0.1, -0.05) is 19.1 Å². The number of Topliss-reactive ketones (excluding diaryl/α,β-unsaturated/α-hetero) is 1. The summed E-state index contributed by atoms with van der Waals surface area (Å²) in [4.78, 5) is 26.4. The highest BCUT2D eigenvalue weighted by Gasteiger charge is 2.32. The van der Waals surface area contributed by atoms with Crippen LogP contribution in [0.3, 0.4) is 0 Å². The molecule has 2 rings (SSSR count). The van der Waals surface area contributed by atoms with E-state index in [1.165, 1.54) is 0 Å². The number of carbonyl (C=O) groups excluding carboxylic acids is 2. The molecule has 0 spiro atoms. The summed E-state index contributed by atoms with van der Waals surface area (Å²) in [6, 6.07) is 7.47. The molecule has 0 radical (unpaired) electrons. The quantitative estimate of drug-likeness (QED) is 0.806. The summed E-state index contributed by atoms with van der Waals surface area (Å²) in [7, 11) is 0. The van der Waals surface area contributed by atoms with E-state index in [0.29, 0.717) is 13.2 Å². The summed E-state index contributed by atoms with van der Waals surface area (Å²) in [5, 5.41) is 0. The van der Waals surface area contributed by atoms with Crippen LogP contribution >= 0.6 is 0 Å². The first-order valence-corrected chi connectivity index (χ1v) is 8.58. The summed E-state index contributed by atoms with van der Waals surface area (Å²) in [6.07, 6.45) is 3.76. The minimum Gasteiger partial charge on any atom is -0.494 e. The first-order valence-electron chi connectivity index (χ1n) is 8.58. The number of nitrogens with zero attached hydrogens (tertiary/aromatic N) is 1. The van der Waals surface area contributed by atoms with Crippen LogP contribution in [-0.2, 0) is 9.59 Å². The number of amides is 1. The van der Waals surface area contributed by atoms with Crippen LogP contribution in [0.4, 0.5) is 0 Å². The van der Waals surface area contributed by atoms with Gasteiger partial charge in [-0.3, -0.25) is 9.59 Å². The highest BCUT2D eigenvalue weighted by molar-refractivity contribution is 5.90. The third-order valence-corrected chi connectivity index (χ3v) is 4.48. The van der Waals surface area contributed by atoms with Gasteiger partial charge in [-0.25, -0.2) is 0 Å². The van der Waals surface area contributed by atoms with Crippen molar-refractivity contribution < 1.29 is 14.3 Å². The van der Waals surface area contributed by atoms with Gasteiger partial charge in [0.2, 0.25) is 5.91 Å². The molecule has 0 aliphatic carbocycles. The highest BCUT2D eigenvalue weighted by Crippen LogP contribution is 2.26. The number of rotatable bonds is 6.